The van der Waals surface area contributed by atoms with E-state index in [0.717, 1.165) is 34.6 Å². The Morgan fingerprint density at radius 1 is 1.17 bits per heavy atom. The number of pyridine rings is 1. The predicted octanol–water partition coefficient (Wildman–Crippen LogP) is 2.78. The van der Waals surface area contributed by atoms with E-state index in [1.54, 1.807) is 12.3 Å². The van der Waals surface area contributed by atoms with Gasteiger partial charge in [-0.2, -0.15) is 18.3 Å². The maximum Gasteiger partial charge on any atom is 0.417 e. The molecule has 2 aliphatic rings. The molecule has 1 amide bonds. The number of ether oxygens (including phenoxy) is 1. The van der Waals surface area contributed by atoms with Gasteiger partial charge in [0.25, 0.3) is 0 Å². The smallest absolute Gasteiger partial charge is 0.410 e. The normalized spacial score (nSPS) is 18.7. The number of aliphatic hydroxyl groups is 1. The average molecular weight is 488 g/mol. The number of amides is 1. The number of aliphatic hydroxyl groups excluding tert-OH is 1. The first-order chi connectivity index (χ1) is 16.8. The molecular formula is C23H23F3N6O3. The highest BCUT2D eigenvalue weighted by Crippen LogP contribution is 2.32. The van der Waals surface area contributed by atoms with Gasteiger partial charge in [0.05, 0.1) is 30.1 Å². The number of benzene rings is 1. The molecule has 0 bridgehead atoms. The zero-order valence-electron chi connectivity index (χ0n) is 18.5. The molecule has 0 unspecified atom stereocenters. The van der Waals surface area contributed by atoms with Gasteiger partial charge >= 0.3 is 12.3 Å². The molecule has 4 heterocycles. The van der Waals surface area contributed by atoms with Crippen LogP contribution in [-0.4, -0.2) is 63.6 Å². The molecular weight excluding hydrogens is 465 g/mol. The minimum atomic E-state index is -4.44. The summed E-state index contributed by atoms with van der Waals surface area (Å²) in [5, 5.41) is 19.9. The summed E-state index contributed by atoms with van der Waals surface area (Å²) >= 11 is 0. The van der Waals surface area contributed by atoms with E-state index >= 15 is 0 Å². The van der Waals surface area contributed by atoms with Gasteiger partial charge in [0.2, 0.25) is 0 Å². The molecule has 1 aromatic carbocycles. The SMILES string of the molecule is O=C1NCc2cc(-c3[nH]ncc3CN3CCN(c4ccc(C(F)(F)F)cn4)[C@H](CO)C3)ccc2O1. The Hall–Kier alpha value is -3.64. The minimum absolute atomic E-state index is 0.159. The molecule has 35 heavy (non-hydrogen) atoms. The second-order valence-corrected chi connectivity index (χ2v) is 8.50. The summed E-state index contributed by atoms with van der Waals surface area (Å²) in [6, 6.07) is 7.60. The fourth-order valence-electron chi connectivity index (χ4n) is 4.44. The summed E-state index contributed by atoms with van der Waals surface area (Å²) < 4.78 is 43.8. The maximum absolute atomic E-state index is 12.9. The van der Waals surface area contributed by atoms with Gasteiger partial charge in [-0.15, -0.1) is 0 Å². The van der Waals surface area contributed by atoms with Crippen LogP contribution in [0.2, 0.25) is 0 Å². The molecule has 5 rings (SSSR count). The summed E-state index contributed by atoms with van der Waals surface area (Å²) in [7, 11) is 0. The van der Waals surface area contributed by atoms with E-state index in [1.165, 1.54) is 6.07 Å². The van der Waals surface area contributed by atoms with Gasteiger partial charge in [-0.1, -0.05) is 0 Å². The third-order valence-corrected chi connectivity index (χ3v) is 6.23. The molecule has 0 radical (unpaired) electrons. The summed E-state index contributed by atoms with van der Waals surface area (Å²) in [5.41, 5.74) is 2.77. The highest BCUT2D eigenvalue weighted by atomic mass is 19.4. The molecule has 1 fully saturated rings. The van der Waals surface area contributed by atoms with Crippen LogP contribution in [-0.2, 0) is 19.3 Å². The molecule has 0 saturated carbocycles. The maximum atomic E-state index is 12.9. The predicted molar refractivity (Wildman–Crippen MR) is 120 cm³/mol. The van der Waals surface area contributed by atoms with Crippen LogP contribution in [0.5, 0.6) is 5.75 Å². The molecule has 3 aromatic rings. The van der Waals surface area contributed by atoms with Crippen LogP contribution in [0, 0.1) is 0 Å². The van der Waals surface area contributed by atoms with E-state index in [9.17, 15) is 23.1 Å². The lowest BCUT2D eigenvalue weighted by atomic mass is 10.0. The quantitative estimate of drug-likeness (QED) is 0.507. The highest BCUT2D eigenvalue weighted by Gasteiger charge is 2.32. The highest BCUT2D eigenvalue weighted by molar-refractivity contribution is 5.74. The van der Waals surface area contributed by atoms with Crippen molar-refractivity contribution in [2.45, 2.75) is 25.3 Å². The number of anilines is 1. The topological polar surface area (TPSA) is 107 Å². The number of nitrogens with zero attached hydrogens (tertiary/aromatic N) is 4. The number of piperazine rings is 1. The van der Waals surface area contributed by atoms with Gasteiger partial charge in [0.15, 0.2) is 0 Å². The first-order valence-corrected chi connectivity index (χ1v) is 11.1. The number of fused-ring (bicyclic) bond motifs is 1. The number of H-pyrrole nitrogens is 1. The lowest BCUT2D eigenvalue weighted by Crippen LogP contribution is -2.54. The van der Waals surface area contributed by atoms with Crippen LogP contribution >= 0.6 is 0 Å². The number of aromatic amines is 1. The third-order valence-electron chi connectivity index (χ3n) is 6.23. The Bertz CT molecular complexity index is 1210. The van der Waals surface area contributed by atoms with Crippen molar-refractivity contribution in [2.24, 2.45) is 0 Å². The zero-order chi connectivity index (χ0) is 24.6. The van der Waals surface area contributed by atoms with Crippen LogP contribution in [0.1, 0.15) is 16.7 Å². The van der Waals surface area contributed by atoms with Crippen molar-refractivity contribution in [3.63, 3.8) is 0 Å². The summed E-state index contributed by atoms with van der Waals surface area (Å²) in [4.78, 5) is 19.4. The monoisotopic (exact) mass is 488 g/mol. The lowest BCUT2D eigenvalue weighted by molar-refractivity contribution is -0.137. The van der Waals surface area contributed by atoms with Crippen LogP contribution < -0.4 is 15.0 Å². The zero-order valence-corrected chi connectivity index (χ0v) is 18.5. The minimum Gasteiger partial charge on any atom is -0.410 e. The number of rotatable bonds is 5. The Labute approximate surface area is 198 Å². The van der Waals surface area contributed by atoms with Crippen molar-refractivity contribution in [1.82, 2.24) is 25.4 Å². The summed E-state index contributed by atoms with van der Waals surface area (Å²) in [6.45, 7) is 2.44. The number of hydrogen-bond acceptors (Lipinski definition) is 7. The van der Waals surface area contributed by atoms with Gasteiger partial charge in [0, 0.05) is 55.6 Å². The number of carbonyl (C=O) groups is 1. The number of alkyl halides is 3. The van der Waals surface area contributed by atoms with E-state index < -0.39 is 17.8 Å². The van der Waals surface area contributed by atoms with E-state index in [2.05, 4.69) is 25.4 Å². The molecule has 2 aliphatic heterocycles. The Morgan fingerprint density at radius 2 is 2.03 bits per heavy atom. The number of aromatic nitrogens is 3. The summed E-state index contributed by atoms with van der Waals surface area (Å²) in [5.74, 6) is 0.932. The van der Waals surface area contributed by atoms with E-state index in [0.29, 0.717) is 44.3 Å². The second-order valence-electron chi connectivity index (χ2n) is 8.50. The van der Waals surface area contributed by atoms with Gasteiger partial charge in [-0.25, -0.2) is 9.78 Å². The van der Waals surface area contributed by atoms with Crippen molar-refractivity contribution < 1.29 is 27.8 Å². The van der Waals surface area contributed by atoms with Gasteiger partial charge in [-0.3, -0.25) is 10.00 Å². The first kappa shape index (κ1) is 23.1. The van der Waals surface area contributed by atoms with Gasteiger partial charge < -0.3 is 20.1 Å². The van der Waals surface area contributed by atoms with Gasteiger partial charge in [-0.05, 0) is 30.3 Å². The number of halogens is 3. The molecule has 9 nitrogen and oxygen atoms in total. The van der Waals surface area contributed by atoms with Crippen molar-refractivity contribution in [3.8, 4) is 17.0 Å². The first-order valence-electron chi connectivity index (χ1n) is 11.1. The Morgan fingerprint density at radius 3 is 2.77 bits per heavy atom. The van der Waals surface area contributed by atoms with Crippen LogP contribution in [0.3, 0.4) is 0 Å². The number of carbonyl (C=O) groups excluding carboxylic acids is 1. The fraction of sp³-hybridized carbons (Fsp3) is 0.348. The van der Waals surface area contributed by atoms with E-state index in [4.69, 9.17) is 4.74 Å². The van der Waals surface area contributed by atoms with Crippen LogP contribution in [0.25, 0.3) is 11.3 Å². The molecule has 3 N–H and O–H groups in total. The third kappa shape index (κ3) is 4.80. The van der Waals surface area contributed by atoms with Crippen molar-refractivity contribution in [2.75, 3.05) is 31.1 Å². The van der Waals surface area contributed by atoms with E-state index in [1.807, 2.05) is 17.0 Å². The molecule has 12 heteroatoms. The molecule has 0 spiro atoms. The molecule has 184 valence electrons. The van der Waals surface area contributed by atoms with Gasteiger partial charge in [0.1, 0.15) is 11.6 Å². The summed E-state index contributed by atoms with van der Waals surface area (Å²) in [6.07, 6.45) is -2.34. The Kier molecular flexibility index (Phi) is 6.07. The molecule has 1 saturated heterocycles. The fourth-order valence-corrected chi connectivity index (χ4v) is 4.44. The second kappa shape index (κ2) is 9.19. The van der Waals surface area contributed by atoms with Crippen LogP contribution in [0.15, 0.2) is 42.7 Å². The van der Waals surface area contributed by atoms with Crippen molar-refractivity contribution in [3.05, 3.63) is 59.4 Å². The standard InChI is InChI=1S/C23H23F3N6O3/c24-23(25,26)17-2-4-20(27-10-17)32-6-5-31(12-18(32)13-33)11-16-9-29-30-21(16)14-1-3-19-15(7-14)8-28-22(34)35-19/h1-4,7,9-10,18,33H,5-6,8,11-13H2,(H,28,34)(H,29,30)/t18-/m0/s1. The molecule has 0 aliphatic carbocycles. The van der Waals surface area contributed by atoms with Crippen molar-refractivity contribution in [1.29, 1.82) is 0 Å². The van der Waals surface area contributed by atoms with E-state index in [-0.39, 0.29) is 12.6 Å². The number of hydrogen-bond donors (Lipinski definition) is 3. The molecule has 1 atom stereocenters. The van der Waals surface area contributed by atoms with Crippen LogP contribution in [0.4, 0.5) is 23.8 Å². The largest absolute Gasteiger partial charge is 0.417 e. The lowest BCUT2D eigenvalue weighted by Gasteiger charge is -2.41. The van der Waals surface area contributed by atoms with Crippen molar-refractivity contribution >= 4 is 11.9 Å². The Balaban J connectivity index is 1.28. The average Bonchev–Trinajstić information content (AvgIpc) is 3.31. The molecule has 2 aromatic heterocycles. The number of nitrogens with one attached hydrogen (secondary N) is 2.